The van der Waals surface area contributed by atoms with Gasteiger partial charge in [0, 0.05) is 4.83 Å². The summed E-state index contributed by atoms with van der Waals surface area (Å²) in [4.78, 5) is 20.9. The number of aryl methyl sites for hydroxylation is 1. The molecule has 4 nitrogen and oxygen atoms in total. The largest absolute Gasteiger partial charge is 0.433 e. The Hall–Kier alpha value is -1.44. The number of aromatic nitrogens is 3. The summed E-state index contributed by atoms with van der Waals surface area (Å²) in [5, 5.41) is 0.0416. The van der Waals surface area contributed by atoms with E-state index in [4.69, 9.17) is 0 Å². The third-order valence-corrected chi connectivity index (χ3v) is 3.03. The first-order valence-electron chi connectivity index (χ1n) is 5.33. The number of hydrogen-bond donors (Lipinski definition) is 1. The van der Waals surface area contributed by atoms with E-state index in [0.717, 1.165) is 0 Å². The van der Waals surface area contributed by atoms with Crippen LogP contribution in [0.25, 0.3) is 11.0 Å². The standard InChI is InChI=1S/C11H9BrF3N3O/c1-4(12)6-3-7-9(16-5(2)17-10(7)19)18-8(6)11(13,14)15/h3-4H,1-2H3,(H,16,17,18,19). The molecule has 0 spiro atoms. The second-order valence-corrected chi connectivity index (χ2v) is 5.44. The van der Waals surface area contributed by atoms with Gasteiger partial charge in [-0.05, 0) is 25.5 Å². The molecule has 1 N–H and O–H groups in total. The second kappa shape index (κ2) is 4.59. The first-order chi connectivity index (χ1) is 8.70. The first-order valence-corrected chi connectivity index (χ1v) is 6.24. The molecule has 0 amide bonds. The van der Waals surface area contributed by atoms with Crippen LogP contribution in [0.2, 0.25) is 0 Å². The molecule has 0 saturated carbocycles. The Labute approximate surface area is 114 Å². The summed E-state index contributed by atoms with van der Waals surface area (Å²) in [6, 6.07) is 1.18. The van der Waals surface area contributed by atoms with Crippen molar-refractivity contribution >= 4 is 27.0 Å². The summed E-state index contributed by atoms with van der Waals surface area (Å²) in [6.45, 7) is 3.02. The molecule has 2 heterocycles. The van der Waals surface area contributed by atoms with E-state index in [0.29, 0.717) is 0 Å². The van der Waals surface area contributed by atoms with E-state index in [2.05, 4.69) is 30.9 Å². The van der Waals surface area contributed by atoms with Gasteiger partial charge in [-0.15, -0.1) is 0 Å². The van der Waals surface area contributed by atoms with Gasteiger partial charge in [0.1, 0.15) is 5.82 Å². The lowest BCUT2D eigenvalue weighted by molar-refractivity contribution is -0.141. The molecule has 19 heavy (non-hydrogen) atoms. The average Bonchev–Trinajstić information content (AvgIpc) is 2.25. The zero-order valence-electron chi connectivity index (χ0n) is 9.97. The summed E-state index contributed by atoms with van der Waals surface area (Å²) >= 11 is 3.08. The number of fused-ring (bicyclic) bond motifs is 1. The topological polar surface area (TPSA) is 58.6 Å². The summed E-state index contributed by atoms with van der Waals surface area (Å²) in [6.07, 6.45) is -4.59. The van der Waals surface area contributed by atoms with Gasteiger partial charge in [0.05, 0.1) is 5.39 Å². The van der Waals surface area contributed by atoms with E-state index in [1.165, 1.54) is 19.9 Å². The quantitative estimate of drug-likeness (QED) is 0.814. The number of H-pyrrole nitrogens is 1. The van der Waals surface area contributed by atoms with Crippen molar-refractivity contribution in [1.82, 2.24) is 15.0 Å². The molecule has 0 fully saturated rings. The van der Waals surface area contributed by atoms with Crippen molar-refractivity contribution in [2.24, 2.45) is 0 Å². The number of rotatable bonds is 1. The van der Waals surface area contributed by atoms with Gasteiger partial charge < -0.3 is 4.98 Å². The predicted octanol–water partition coefficient (Wildman–Crippen LogP) is 3.10. The molecule has 1 atom stereocenters. The predicted molar refractivity (Wildman–Crippen MR) is 67.2 cm³/mol. The number of nitrogens with zero attached hydrogens (tertiary/aromatic N) is 2. The van der Waals surface area contributed by atoms with Crippen LogP contribution >= 0.6 is 15.9 Å². The van der Waals surface area contributed by atoms with Crippen LogP contribution in [-0.4, -0.2) is 15.0 Å². The first kappa shape index (κ1) is 14.0. The third kappa shape index (κ3) is 2.63. The van der Waals surface area contributed by atoms with Crippen LogP contribution in [0.5, 0.6) is 0 Å². The van der Waals surface area contributed by atoms with Gasteiger partial charge in [0.25, 0.3) is 5.56 Å². The lowest BCUT2D eigenvalue weighted by atomic mass is 10.1. The molecule has 2 aromatic heterocycles. The van der Waals surface area contributed by atoms with Crippen molar-refractivity contribution in [1.29, 1.82) is 0 Å². The van der Waals surface area contributed by atoms with Crippen molar-refractivity contribution in [2.45, 2.75) is 24.9 Å². The number of nitrogens with one attached hydrogen (secondary N) is 1. The van der Waals surface area contributed by atoms with Gasteiger partial charge in [0.2, 0.25) is 0 Å². The van der Waals surface area contributed by atoms with Gasteiger partial charge in [-0.25, -0.2) is 9.97 Å². The Morgan fingerprint density at radius 3 is 2.53 bits per heavy atom. The number of halogens is 4. The highest BCUT2D eigenvalue weighted by atomic mass is 79.9. The molecular weight excluding hydrogens is 327 g/mol. The monoisotopic (exact) mass is 335 g/mol. The summed E-state index contributed by atoms with van der Waals surface area (Å²) in [5.41, 5.74) is -1.82. The smallest absolute Gasteiger partial charge is 0.310 e. The van der Waals surface area contributed by atoms with Crippen LogP contribution in [0.3, 0.4) is 0 Å². The number of aromatic amines is 1. The van der Waals surface area contributed by atoms with E-state index in [1.54, 1.807) is 0 Å². The van der Waals surface area contributed by atoms with Crippen LogP contribution in [0.1, 0.15) is 28.8 Å². The SMILES string of the molecule is Cc1nc2nc(C(F)(F)F)c(C(C)Br)cc2c(=O)[nH]1. The van der Waals surface area contributed by atoms with Crippen molar-refractivity contribution < 1.29 is 13.2 Å². The van der Waals surface area contributed by atoms with E-state index in [1.807, 2.05) is 0 Å². The number of hydrogen-bond acceptors (Lipinski definition) is 3. The van der Waals surface area contributed by atoms with Gasteiger partial charge in [-0.3, -0.25) is 4.79 Å². The Morgan fingerprint density at radius 1 is 1.37 bits per heavy atom. The van der Waals surface area contributed by atoms with Crippen LogP contribution in [0, 0.1) is 6.92 Å². The molecule has 0 aliphatic rings. The van der Waals surface area contributed by atoms with Gasteiger partial charge in [-0.2, -0.15) is 13.2 Å². The molecule has 1 unspecified atom stereocenters. The second-order valence-electron chi connectivity index (χ2n) is 4.06. The molecule has 0 radical (unpaired) electrons. The minimum atomic E-state index is -4.59. The van der Waals surface area contributed by atoms with E-state index in [9.17, 15) is 18.0 Å². The molecule has 8 heteroatoms. The Morgan fingerprint density at radius 2 is 2.00 bits per heavy atom. The lowest BCUT2D eigenvalue weighted by Gasteiger charge is -2.14. The normalized spacial score (nSPS) is 13.8. The summed E-state index contributed by atoms with van der Waals surface area (Å²) in [5.74, 6) is 0.220. The van der Waals surface area contributed by atoms with Crippen LogP contribution < -0.4 is 5.56 Å². The number of pyridine rings is 1. The third-order valence-electron chi connectivity index (χ3n) is 2.54. The molecular formula is C11H9BrF3N3O. The highest BCUT2D eigenvalue weighted by Gasteiger charge is 2.37. The van der Waals surface area contributed by atoms with Crippen molar-refractivity contribution in [2.75, 3.05) is 0 Å². The zero-order valence-corrected chi connectivity index (χ0v) is 11.6. The fourth-order valence-electron chi connectivity index (χ4n) is 1.72. The Balaban J connectivity index is 2.89. The molecule has 0 saturated heterocycles. The zero-order chi connectivity index (χ0) is 14.4. The molecule has 0 aliphatic carbocycles. The van der Waals surface area contributed by atoms with Gasteiger partial charge in [-0.1, -0.05) is 15.9 Å². The van der Waals surface area contributed by atoms with Crippen molar-refractivity contribution in [3.63, 3.8) is 0 Å². The maximum atomic E-state index is 12.9. The molecule has 102 valence electrons. The number of alkyl halides is 4. The molecule has 0 aliphatic heterocycles. The fourth-order valence-corrected chi connectivity index (χ4v) is 2.07. The van der Waals surface area contributed by atoms with Crippen molar-refractivity contribution in [3.8, 4) is 0 Å². The highest BCUT2D eigenvalue weighted by Crippen LogP contribution is 2.36. The summed E-state index contributed by atoms with van der Waals surface area (Å²) < 4.78 is 38.8. The Kier molecular flexibility index (Phi) is 3.38. The lowest BCUT2D eigenvalue weighted by Crippen LogP contribution is -2.17. The average molecular weight is 336 g/mol. The fraction of sp³-hybridized carbons (Fsp3) is 0.364. The van der Waals surface area contributed by atoms with E-state index >= 15 is 0 Å². The van der Waals surface area contributed by atoms with Crippen LogP contribution in [-0.2, 0) is 6.18 Å². The highest BCUT2D eigenvalue weighted by molar-refractivity contribution is 9.09. The summed E-state index contributed by atoms with van der Waals surface area (Å²) in [7, 11) is 0. The van der Waals surface area contributed by atoms with Crippen LogP contribution in [0.15, 0.2) is 10.9 Å². The minimum absolute atomic E-state index is 0.0416. The molecule has 0 aromatic carbocycles. The molecule has 0 bridgehead atoms. The van der Waals surface area contributed by atoms with Gasteiger partial charge in [0.15, 0.2) is 11.3 Å². The van der Waals surface area contributed by atoms with Gasteiger partial charge >= 0.3 is 6.18 Å². The maximum absolute atomic E-state index is 12.9. The maximum Gasteiger partial charge on any atom is 0.433 e. The Bertz CT molecular complexity index is 694. The van der Waals surface area contributed by atoms with Crippen LogP contribution in [0.4, 0.5) is 13.2 Å². The minimum Gasteiger partial charge on any atom is -0.310 e. The van der Waals surface area contributed by atoms with E-state index < -0.39 is 22.3 Å². The van der Waals surface area contributed by atoms with E-state index in [-0.39, 0.29) is 22.4 Å². The molecule has 2 aromatic rings. The molecule has 2 rings (SSSR count). The van der Waals surface area contributed by atoms with Crippen molar-refractivity contribution in [3.05, 3.63) is 33.5 Å².